The van der Waals surface area contributed by atoms with Crippen molar-refractivity contribution in [1.29, 1.82) is 5.26 Å². The highest BCUT2D eigenvalue weighted by atomic mass is 19.4. The lowest BCUT2D eigenvalue weighted by Crippen LogP contribution is -2.49. The molecule has 37 heavy (non-hydrogen) atoms. The van der Waals surface area contributed by atoms with E-state index in [1.807, 2.05) is 11.0 Å². The second-order valence-electron chi connectivity index (χ2n) is 8.03. The Morgan fingerprint density at radius 1 is 1.14 bits per heavy atom. The molecule has 1 fully saturated rings. The first-order valence-corrected chi connectivity index (χ1v) is 11.4. The molecular weight excluding hydrogens is 491 g/mol. The maximum Gasteiger partial charge on any atom is 0.452 e. The van der Waals surface area contributed by atoms with Crippen LogP contribution in [-0.2, 0) is 10.9 Å². The quantitative estimate of drug-likeness (QED) is 0.523. The average molecular weight is 513 g/mol. The number of ether oxygens (including phenoxy) is 1. The number of piperazine rings is 1. The minimum Gasteiger partial charge on any atom is -0.450 e. The van der Waals surface area contributed by atoms with Crippen LogP contribution in [0.15, 0.2) is 52.9 Å². The fourth-order valence-electron chi connectivity index (χ4n) is 3.88. The third-order valence-corrected chi connectivity index (χ3v) is 5.64. The lowest BCUT2D eigenvalue weighted by Gasteiger charge is -2.35. The van der Waals surface area contributed by atoms with Crippen LogP contribution in [0.1, 0.15) is 28.7 Å². The van der Waals surface area contributed by atoms with Gasteiger partial charge in [-0.1, -0.05) is 18.2 Å². The molecule has 1 saturated heterocycles. The standard InChI is InChI=1S/C25H22F3N5O4/c1-2-36-24(35)33-12-10-32(11-13-33)19-9-8-18(14-17(19)15-29)30-22(34)20-21(25(26,27)28)37-23(31-20)16-6-4-3-5-7-16/h3-9,14H,2,10-13H2,1H3,(H,30,34). The lowest BCUT2D eigenvalue weighted by atomic mass is 10.1. The zero-order valence-corrected chi connectivity index (χ0v) is 19.7. The Balaban J connectivity index is 1.53. The van der Waals surface area contributed by atoms with E-state index in [1.54, 1.807) is 36.1 Å². The molecule has 192 valence electrons. The van der Waals surface area contributed by atoms with E-state index in [0.29, 0.717) is 31.9 Å². The molecule has 1 aliphatic rings. The number of nitriles is 1. The number of carbonyl (C=O) groups is 2. The van der Waals surface area contributed by atoms with Crippen molar-refractivity contribution in [3.8, 4) is 17.5 Å². The maximum atomic E-state index is 13.6. The number of halogens is 3. The molecule has 0 unspecified atom stereocenters. The van der Waals surface area contributed by atoms with Crippen LogP contribution in [-0.4, -0.2) is 54.7 Å². The first kappa shape index (κ1) is 25.6. The van der Waals surface area contributed by atoms with Gasteiger partial charge in [0.25, 0.3) is 5.91 Å². The van der Waals surface area contributed by atoms with E-state index in [2.05, 4.69) is 10.3 Å². The molecule has 0 saturated carbocycles. The van der Waals surface area contributed by atoms with Crippen molar-refractivity contribution in [2.45, 2.75) is 13.1 Å². The van der Waals surface area contributed by atoms with E-state index in [4.69, 9.17) is 9.15 Å². The molecule has 1 aromatic heterocycles. The summed E-state index contributed by atoms with van der Waals surface area (Å²) in [6.45, 7) is 3.71. The Labute approximate surface area is 210 Å². The summed E-state index contributed by atoms with van der Waals surface area (Å²) < 4.78 is 50.7. The zero-order valence-electron chi connectivity index (χ0n) is 19.7. The van der Waals surface area contributed by atoms with E-state index in [9.17, 15) is 28.0 Å². The molecule has 2 amide bonds. The van der Waals surface area contributed by atoms with Gasteiger partial charge in [-0.15, -0.1) is 0 Å². The number of rotatable bonds is 5. The van der Waals surface area contributed by atoms with Gasteiger partial charge in [0.1, 0.15) is 6.07 Å². The summed E-state index contributed by atoms with van der Waals surface area (Å²) in [6.07, 6.45) is -5.35. The Kier molecular flexibility index (Phi) is 7.33. The second kappa shape index (κ2) is 10.6. The number of nitrogens with zero attached hydrogens (tertiary/aromatic N) is 4. The fourth-order valence-corrected chi connectivity index (χ4v) is 3.88. The lowest BCUT2D eigenvalue weighted by molar-refractivity contribution is -0.153. The Morgan fingerprint density at radius 3 is 2.46 bits per heavy atom. The summed E-state index contributed by atoms with van der Waals surface area (Å²) in [5, 5.41) is 12.0. The van der Waals surface area contributed by atoms with Crippen LogP contribution in [0.5, 0.6) is 0 Å². The molecule has 0 atom stereocenters. The van der Waals surface area contributed by atoms with E-state index in [1.165, 1.54) is 24.3 Å². The van der Waals surface area contributed by atoms with E-state index < -0.39 is 29.6 Å². The van der Waals surface area contributed by atoms with Crippen LogP contribution >= 0.6 is 0 Å². The Bertz CT molecular complexity index is 1330. The average Bonchev–Trinajstić information content (AvgIpc) is 3.36. The number of hydrogen-bond donors (Lipinski definition) is 1. The fraction of sp³-hybridized carbons (Fsp3) is 0.280. The number of hydrogen-bond acceptors (Lipinski definition) is 7. The number of oxazole rings is 1. The number of nitrogens with one attached hydrogen (secondary N) is 1. The molecule has 3 aromatic rings. The molecule has 4 rings (SSSR count). The van der Waals surface area contributed by atoms with Crippen LogP contribution in [0.3, 0.4) is 0 Å². The Hall–Kier alpha value is -4.53. The number of aromatic nitrogens is 1. The molecule has 0 spiro atoms. The van der Waals surface area contributed by atoms with Crippen LogP contribution in [0, 0.1) is 11.3 Å². The smallest absolute Gasteiger partial charge is 0.450 e. The normalized spacial score (nSPS) is 13.7. The maximum absolute atomic E-state index is 13.6. The largest absolute Gasteiger partial charge is 0.452 e. The minimum absolute atomic E-state index is 0.118. The predicted octanol–water partition coefficient (Wildman–Crippen LogP) is 4.76. The van der Waals surface area contributed by atoms with Gasteiger partial charge in [0, 0.05) is 37.4 Å². The molecule has 9 nitrogen and oxygen atoms in total. The first-order chi connectivity index (χ1) is 17.7. The van der Waals surface area contributed by atoms with Crippen molar-refractivity contribution in [3.05, 3.63) is 65.5 Å². The molecule has 1 N–H and O–H groups in total. The highest BCUT2D eigenvalue weighted by molar-refractivity contribution is 6.04. The molecule has 0 bridgehead atoms. The third-order valence-electron chi connectivity index (χ3n) is 5.64. The first-order valence-electron chi connectivity index (χ1n) is 11.4. The molecule has 2 aromatic carbocycles. The van der Waals surface area contributed by atoms with E-state index in [-0.39, 0.29) is 29.3 Å². The number of anilines is 2. The van der Waals surface area contributed by atoms with Gasteiger partial charge < -0.3 is 24.3 Å². The monoisotopic (exact) mass is 513 g/mol. The molecule has 2 heterocycles. The van der Waals surface area contributed by atoms with Gasteiger partial charge >= 0.3 is 12.3 Å². The molecule has 1 aliphatic heterocycles. The second-order valence-corrected chi connectivity index (χ2v) is 8.03. The Morgan fingerprint density at radius 2 is 1.84 bits per heavy atom. The molecule has 0 radical (unpaired) electrons. The summed E-state index contributed by atoms with van der Waals surface area (Å²) in [4.78, 5) is 32.0. The summed E-state index contributed by atoms with van der Waals surface area (Å²) in [7, 11) is 0. The number of benzene rings is 2. The number of alkyl halides is 3. The van der Waals surface area contributed by atoms with Gasteiger partial charge in [0.15, 0.2) is 5.69 Å². The molecule has 0 aliphatic carbocycles. The van der Waals surface area contributed by atoms with E-state index >= 15 is 0 Å². The third kappa shape index (κ3) is 5.66. The summed E-state index contributed by atoms with van der Waals surface area (Å²) >= 11 is 0. The minimum atomic E-state index is -4.94. The van der Waals surface area contributed by atoms with Crippen molar-refractivity contribution >= 4 is 23.4 Å². The van der Waals surface area contributed by atoms with Gasteiger partial charge in [-0.05, 0) is 37.3 Å². The van der Waals surface area contributed by atoms with Crippen LogP contribution in [0.2, 0.25) is 0 Å². The SMILES string of the molecule is CCOC(=O)N1CCN(c2ccc(NC(=O)c3nc(-c4ccccc4)oc3C(F)(F)F)cc2C#N)CC1. The number of amides is 2. The van der Waals surface area contributed by atoms with Crippen molar-refractivity contribution in [3.63, 3.8) is 0 Å². The van der Waals surface area contributed by atoms with Gasteiger partial charge in [0.05, 0.1) is 17.9 Å². The van der Waals surface area contributed by atoms with Gasteiger partial charge in [-0.3, -0.25) is 4.79 Å². The van der Waals surface area contributed by atoms with Gasteiger partial charge in [-0.25, -0.2) is 9.78 Å². The van der Waals surface area contributed by atoms with Crippen LogP contribution < -0.4 is 10.2 Å². The van der Waals surface area contributed by atoms with Crippen molar-refractivity contribution in [1.82, 2.24) is 9.88 Å². The number of carbonyl (C=O) groups excluding carboxylic acids is 2. The van der Waals surface area contributed by atoms with Crippen LogP contribution in [0.4, 0.5) is 29.3 Å². The highest BCUT2D eigenvalue weighted by Crippen LogP contribution is 2.36. The molecular formula is C25H22F3N5O4. The van der Waals surface area contributed by atoms with E-state index in [0.717, 1.165) is 0 Å². The molecule has 12 heteroatoms. The summed E-state index contributed by atoms with van der Waals surface area (Å²) in [6, 6.07) is 14.4. The highest BCUT2D eigenvalue weighted by Gasteiger charge is 2.42. The van der Waals surface area contributed by atoms with Crippen molar-refractivity contribution in [2.75, 3.05) is 43.0 Å². The zero-order chi connectivity index (χ0) is 26.6. The topological polar surface area (TPSA) is 112 Å². The van der Waals surface area contributed by atoms with Gasteiger partial charge in [0.2, 0.25) is 11.7 Å². The van der Waals surface area contributed by atoms with Crippen molar-refractivity contribution < 1.29 is 31.9 Å². The van der Waals surface area contributed by atoms with Gasteiger partial charge in [-0.2, -0.15) is 18.4 Å². The predicted molar refractivity (Wildman–Crippen MR) is 127 cm³/mol. The van der Waals surface area contributed by atoms with Crippen molar-refractivity contribution in [2.24, 2.45) is 0 Å². The summed E-state index contributed by atoms with van der Waals surface area (Å²) in [5.74, 6) is -2.98. The van der Waals surface area contributed by atoms with Crippen LogP contribution in [0.25, 0.3) is 11.5 Å². The summed E-state index contributed by atoms with van der Waals surface area (Å²) in [5.41, 5.74) is 0.277.